The zero-order valence-electron chi connectivity index (χ0n) is 11.4. The van der Waals surface area contributed by atoms with Crippen LogP contribution in [0.15, 0.2) is 23.0 Å². The van der Waals surface area contributed by atoms with Gasteiger partial charge in [-0.05, 0) is 39.2 Å². The fourth-order valence-corrected chi connectivity index (χ4v) is 2.38. The molecule has 1 aliphatic heterocycles. The summed E-state index contributed by atoms with van der Waals surface area (Å²) < 4.78 is 4.94. The Kier molecular flexibility index (Phi) is 4.24. The van der Waals surface area contributed by atoms with Gasteiger partial charge in [0.2, 0.25) is 5.91 Å². The van der Waals surface area contributed by atoms with Crippen LogP contribution in [0.5, 0.6) is 0 Å². The first-order valence-corrected chi connectivity index (χ1v) is 6.73. The predicted molar refractivity (Wildman–Crippen MR) is 70.7 cm³/mol. The number of carbonyl (C=O) groups is 2. The third-order valence-corrected chi connectivity index (χ3v) is 3.27. The molecule has 2 amide bonds. The van der Waals surface area contributed by atoms with Crippen molar-refractivity contribution in [3.05, 3.63) is 24.2 Å². The zero-order valence-corrected chi connectivity index (χ0v) is 11.4. The Morgan fingerprint density at radius 3 is 2.84 bits per heavy atom. The van der Waals surface area contributed by atoms with Crippen molar-refractivity contribution in [2.24, 2.45) is 0 Å². The second-order valence-electron chi connectivity index (χ2n) is 5.19. The summed E-state index contributed by atoms with van der Waals surface area (Å²) >= 11 is 0. The first-order valence-electron chi connectivity index (χ1n) is 6.73. The standard InChI is InChI=1S/C14H20N2O3/c1-10(2)15-13(17)12-5-3-4-7-16(12)14(18)11-6-8-19-9-11/h6,8-10,12H,3-5,7H2,1-2H3,(H,15,17). The van der Waals surface area contributed by atoms with Crippen LogP contribution in [0.1, 0.15) is 43.5 Å². The molecule has 0 aromatic carbocycles. The van der Waals surface area contributed by atoms with E-state index in [4.69, 9.17) is 4.42 Å². The molecule has 1 N–H and O–H groups in total. The van der Waals surface area contributed by atoms with E-state index in [9.17, 15) is 9.59 Å². The number of rotatable bonds is 3. The van der Waals surface area contributed by atoms with Crippen molar-refractivity contribution in [2.45, 2.75) is 45.2 Å². The average Bonchev–Trinajstić information content (AvgIpc) is 2.91. The van der Waals surface area contributed by atoms with Crippen LogP contribution in [0, 0.1) is 0 Å². The maximum atomic E-state index is 12.3. The van der Waals surface area contributed by atoms with E-state index in [-0.39, 0.29) is 23.9 Å². The van der Waals surface area contributed by atoms with Gasteiger partial charge >= 0.3 is 0 Å². The lowest BCUT2D eigenvalue weighted by molar-refractivity contribution is -0.127. The minimum atomic E-state index is -0.362. The number of nitrogens with zero attached hydrogens (tertiary/aromatic N) is 1. The third-order valence-electron chi connectivity index (χ3n) is 3.27. The molecule has 1 aromatic rings. The monoisotopic (exact) mass is 264 g/mol. The summed E-state index contributed by atoms with van der Waals surface area (Å²) in [4.78, 5) is 26.2. The van der Waals surface area contributed by atoms with Crippen LogP contribution in [0.3, 0.4) is 0 Å². The van der Waals surface area contributed by atoms with Crippen LogP contribution in [-0.2, 0) is 4.79 Å². The molecule has 1 aliphatic rings. The van der Waals surface area contributed by atoms with E-state index in [1.165, 1.54) is 12.5 Å². The first kappa shape index (κ1) is 13.6. The van der Waals surface area contributed by atoms with Crippen LogP contribution in [0.2, 0.25) is 0 Å². The summed E-state index contributed by atoms with van der Waals surface area (Å²) in [5, 5.41) is 2.89. The lowest BCUT2D eigenvalue weighted by Gasteiger charge is -2.34. The Morgan fingerprint density at radius 2 is 2.21 bits per heavy atom. The lowest BCUT2D eigenvalue weighted by atomic mass is 10.00. The molecule has 104 valence electrons. The van der Waals surface area contributed by atoms with Crippen LogP contribution in [-0.4, -0.2) is 35.3 Å². The van der Waals surface area contributed by atoms with Gasteiger partial charge in [-0.3, -0.25) is 9.59 Å². The molecular weight excluding hydrogens is 244 g/mol. The summed E-state index contributed by atoms with van der Waals surface area (Å²) in [5.74, 6) is -0.191. The number of likely N-dealkylation sites (tertiary alicyclic amines) is 1. The topological polar surface area (TPSA) is 62.6 Å². The average molecular weight is 264 g/mol. The number of hydrogen-bond acceptors (Lipinski definition) is 3. The summed E-state index contributed by atoms with van der Waals surface area (Å²) in [6, 6.07) is 1.35. The van der Waals surface area contributed by atoms with Gasteiger partial charge in [-0.15, -0.1) is 0 Å². The predicted octanol–water partition coefficient (Wildman–Crippen LogP) is 1.80. The molecule has 5 nitrogen and oxygen atoms in total. The van der Waals surface area contributed by atoms with E-state index in [1.54, 1.807) is 11.0 Å². The maximum absolute atomic E-state index is 12.3. The molecule has 1 atom stereocenters. The second-order valence-corrected chi connectivity index (χ2v) is 5.19. The highest BCUT2D eigenvalue weighted by Crippen LogP contribution is 2.20. The van der Waals surface area contributed by atoms with Gasteiger partial charge in [0.15, 0.2) is 0 Å². The van der Waals surface area contributed by atoms with Crippen molar-refractivity contribution in [1.82, 2.24) is 10.2 Å². The van der Waals surface area contributed by atoms with Crippen LogP contribution in [0.4, 0.5) is 0 Å². The number of piperidine rings is 1. The largest absolute Gasteiger partial charge is 0.472 e. The summed E-state index contributed by atoms with van der Waals surface area (Å²) in [7, 11) is 0. The molecule has 2 rings (SSSR count). The molecule has 19 heavy (non-hydrogen) atoms. The molecule has 1 aromatic heterocycles. The van der Waals surface area contributed by atoms with Gasteiger partial charge in [0.05, 0.1) is 11.8 Å². The molecule has 0 spiro atoms. The molecule has 0 aliphatic carbocycles. The Bertz CT molecular complexity index is 440. The van der Waals surface area contributed by atoms with E-state index in [1.807, 2.05) is 13.8 Å². The Balaban J connectivity index is 2.12. The fourth-order valence-electron chi connectivity index (χ4n) is 2.38. The van der Waals surface area contributed by atoms with Gasteiger partial charge in [-0.2, -0.15) is 0 Å². The van der Waals surface area contributed by atoms with Crippen molar-refractivity contribution in [1.29, 1.82) is 0 Å². The van der Waals surface area contributed by atoms with E-state index >= 15 is 0 Å². The Morgan fingerprint density at radius 1 is 1.42 bits per heavy atom. The first-order chi connectivity index (χ1) is 9.09. The molecule has 0 saturated carbocycles. The van der Waals surface area contributed by atoms with Gasteiger partial charge in [-0.25, -0.2) is 0 Å². The molecule has 1 unspecified atom stereocenters. The zero-order chi connectivity index (χ0) is 13.8. The summed E-state index contributed by atoms with van der Waals surface area (Å²) in [6.45, 7) is 4.46. The van der Waals surface area contributed by atoms with Crippen molar-refractivity contribution in [3.63, 3.8) is 0 Å². The SMILES string of the molecule is CC(C)NC(=O)C1CCCCN1C(=O)c1ccoc1. The molecule has 1 saturated heterocycles. The van der Waals surface area contributed by atoms with E-state index < -0.39 is 0 Å². The maximum Gasteiger partial charge on any atom is 0.257 e. The third kappa shape index (κ3) is 3.16. The van der Waals surface area contributed by atoms with Gasteiger partial charge in [0, 0.05) is 12.6 Å². The summed E-state index contributed by atoms with van der Waals surface area (Å²) in [5.41, 5.74) is 0.504. The molecule has 0 bridgehead atoms. The molecule has 0 radical (unpaired) electrons. The lowest BCUT2D eigenvalue weighted by Crippen LogP contribution is -2.53. The summed E-state index contributed by atoms with van der Waals surface area (Å²) in [6.07, 6.45) is 5.54. The van der Waals surface area contributed by atoms with Crippen molar-refractivity contribution < 1.29 is 14.0 Å². The van der Waals surface area contributed by atoms with Gasteiger partial charge in [0.1, 0.15) is 12.3 Å². The van der Waals surface area contributed by atoms with Gasteiger partial charge < -0.3 is 14.6 Å². The van der Waals surface area contributed by atoms with Crippen LogP contribution >= 0.6 is 0 Å². The van der Waals surface area contributed by atoms with Crippen LogP contribution in [0.25, 0.3) is 0 Å². The number of carbonyl (C=O) groups excluding carboxylic acids is 2. The second kappa shape index (κ2) is 5.91. The molecule has 5 heteroatoms. The number of nitrogens with one attached hydrogen (secondary N) is 1. The Labute approximate surface area is 113 Å². The Hall–Kier alpha value is -1.78. The van der Waals surface area contributed by atoms with Crippen molar-refractivity contribution in [2.75, 3.05) is 6.54 Å². The fraction of sp³-hybridized carbons (Fsp3) is 0.571. The van der Waals surface area contributed by atoms with E-state index in [0.29, 0.717) is 12.1 Å². The smallest absolute Gasteiger partial charge is 0.257 e. The van der Waals surface area contributed by atoms with Crippen molar-refractivity contribution >= 4 is 11.8 Å². The van der Waals surface area contributed by atoms with E-state index in [0.717, 1.165) is 19.3 Å². The molecule has 1 fully saturated rings. The quantitative estimate of drug-likeness (QED) is 0.905. The highest BCUT2D eigenvalue weighted by molar-refractivity contribution is 5.97. The molecule has 2 heterocycles. The minimum absolute atomic E-state index is 0.0634. The minimum Gasteiger partial charge on any atom is -0.472 e. The van der Waals surface area contributed by atoms with Gasteiger partial charge in [-0.1, -0.05) is 0 Å². The highest BCUT2D eigenvalue weighted by Gasteiger charge is 2.33. The number of furan rings is 1. The van der Waals surface area contributed by atoms with E-state index in [2.05, 4.69) is 5.32 Å². The highest BCUT2D eigenvalue weighted by atomic mass is 16.3. The molecular formula is C14H20N2O3. The van der Waals surface area contributed by atoms with Crippen LogP contribution < -0.4 is 5.32 Å². The normalized spacial score (nSPS) is 19.5. The number of hydrogen-bond donors (Lipinski definition) is 1. The van der Waals surface area contributed by atoms with Crippen molar-refractivity contribution in [3.8, 4) is 0 Å². The van der Waals surface area contributed by atoms with Gasteiger partial charge in [0.25, 0.3) is 5.91 Å². The number of amides is 2.